The van der Waals surface area contributed by atoms with Crippen LogP contribution in [0.5, 0.6) is 0 Å². The van der Waals surface area contributed by atoms with E-state index in [2.05, 4.69) is 5.32 Å². The summed E-state index contributed by atoms with van der Waals surface area (Å²) in [6, 6.07) is -0.707. The standard InChI is InChI=1S/C16H25NO5S/c1-9(2)13(16(19)22-4)17-15(18)12-6-5-10(3)14-11(12)7-8-23(14,20)21/h9,11-13H,5-8H2,1-4H3,(H,17,18). The van der Waals surface area contributed by atoms with Crippen LogP contribution in [-0.4, -0.2) is 39.2 Å². The Hall–Kier alpha value is -1.37. The molecule has 0 saturated carbocycles. The summed E-state index contributed by atoms with van der Waals surface area (Å²) < 4.78 is 29.1. The highest BCUT2D eigenvalue weighted by atomic mass is 32.2. The van der Waals surface area contributed by atoms with Crippen molar-refractivity contribution in [3.63, 3.8) is 0 Å². The summed E-state index contributed by atoms with van der Waals surface area (Å²) in [4.78, 5) is 24.9. The van der Waals surface area contributed by atoms with Gasteiger partial charge in [-0.15, -0.1) is 0 Å². The van der Waals surface area contributed by atoms with Crippen LogP contribution in [0, 0.1) is 17.8 Å². The van der Waals surface area contributed by atoms with Crippen LogP contribution in [0.2, 0.25) is 0 Å². The molecule has 3 unspecified atom stereocenters. The van der Waals surface area contributed by atoms with Crippen LogP contribution in [0.15, 0.2) is 10.5 Å². The molecule has 1 amide bonds. The van der Waals surface area contributed by atoms with Crippen LogP contribution >= 0.6 is 0 Å². The number of fused-ring (bicyclic) bond motifs is 1. The van der Waals surface area contributed by atoms with E-state index in [1.54, 1.807) is 0 Å². The van der Waals surface area contributed by atoms with Crippen LogP contribution in [0.1, 0.15) is 40.0 Å². The van der Waals surface area contributed by atoms with Gasteiger partial charge in [-0.3, -0.25) is 4.79 Å². The minimum atomic E-state index is -3.22. The van der Waals surface area contributed by atoms with Crippen molar-refractivity contribution in [1.29, 1.82) is 0 Å². The van der Waals surface area contributed by atoms with E-state index < -0.39 is 27.8 Å². The number of nitrogens with one attached hydrogen (secondary N) is 1. The zero-order valence-electron chi connectivity index (χ0n) is 14.1. The van der Waals surface area contributed by atoms with Crippen molar-refractivity contribution in [1.82, 2.24) is 5.32 Å². The first-order valence-electron chi connectivity index (χ1n) is 7.99. The molecule has 0 aromatic rings. The highest BCUT2D eigenvalue weighted by Crippen LogP contribution is 2.44. The molecule has 6 nitrogen and oxygen atoms in total. The summed E-state index contributed by atoms with van der Waals surface area (Å²) in [5.74, 6) is -1.36. The Morgan fingerprint density at radius 1 is 1.26 bits per heavy atom. The Kier molecular flexibility index (Phi) is 5.18. The SMILES string of the molecule is COC(=O)C(NC(=O)C1CCC(C)=C2C1CCS2(=O)=O)C(C)C. The molecule has 1 aliphatic carbocycles. The highest BCUT2D eigenvalue weighted by molar-refractivity contribution is 7.95. The molecule has 2 aliphatic rings. The predicted molar refractivity (Wildman–Crippen MR) is 86.1 cm³/mol. The molecule has 1 aliphatic heterocycles. The molecule has 1 saturated heterocycles. The first-order valence-corrected chi connectivity index (χ1v) is 9.65. The van der Waals surface area contributed by atoms with E-state index in [0.717, 1.165) is 5.57 Å². The maximum Gasteiger partial charge on any atom is 0.328 e. The van der Waals surface area contributed by atoms with Crippen molar-refractivity contribution in [2.24, 2.45) is 17.8 Å². The number of sulfone groups is 1. The summed E-state index contributed by atoms with van der Waals surface area (Å²) in [6.07, 6.45) is 1.71. The molecule has 1 fully saturated rings. The first-order chi connectivity index (χ1) is 10.7. The molecule has 0 aromatic carbocycles. The van der Waals surface area contributed by atoms with Crippen LogP contribution in [0.4, 0.5) is 0 Å². The minimum absolute atomic E-state index is 0.0981. The van der Waals surface area contributed by atoms with Crippen molar-refractivity contribution >= 4 is 21.7 Å². The lowest BCUT2D eigenvalue weighted by Gasteiger charge is -2.30. The minimum Gasteiger partial charge on any atom is -0.467 e. The third-order valence-electron chi connectivity index (χ3n) is 4.86. The fraction of sp³-hybridized carbons (Fsp3) is 0.750. The summed E-state index contributed by atoms with van der Waals surface area (Å²) in [5.41, 5.74) is 0.880. The summed E-state index contributed by atoms with van der Waals surface area (Å²) in [5, 5.41) is 2.76. The number of hydrogen-bond acceptors (Lipinski definition) is 5. The fourth-order valence-corrected chi connectivity index (χ4v) is 5.78. The van der Waals surface area contributed by atoms with E-state index in [1.165, 1.54) is 7.11 Å². The van der Waals surface area contributed by atoms with Crippen molar-refractivity contribution in [3.8, 4) is 0 Å². The van der Waals surface area contributed by atoms with Crippen molar-refractivity contribution in [3.05, 3.63) is 10.5 Å². The summed E-state index contributed by atoms with van der Waals surface area (Å²) >= 11 is 0. The van der Waals surface area contributed by atoms with Crippen LogP contribution in [0.3, 0.4) is 0 Å². The maximum atomic E-state index is 12.7. The topological polar surface area (TPSA) is 89.5 Å². The van der Waals surface area contributed by atoms with E-state index in [4.69, 9.17) is 4.74 Å². The van der Waals surface area contributed by atoms with Crippen LogP contribution < -0.4 is 5.32 Å². The zero-order chi connectivity index (χ0) is 17.4. The molecule has 2 rings (SSSR count). The second kappa shape index (κ2) is 6.63. The summed E-state index contributed by atoms with van der Waals surface area (Å²) in [6.45, 7) is 5.50. The Morgan fingerprint density at radius 3 is 2.48 bits per heavy atom. The van der Waals surface area contributed by atoms with Crippen molar-refractivity contribution in [2.45, 2.75) is 46.1 Å². The third-order valence-corrected chi connectivity index (χ3v) is 6.96. The predicted octanol–water partition coefficient (Wildman–Crippen LogP) is 1.42. The summed E-state index contributed by atoms with van der Waals surface area (Å²) in [7, 11) is -1.93. The molecule has 0 bridgehead atoms. The van der Waals surface area contributed by atoms with Gasteiger partial charge in [0.15, 0.2) is 9.84 Å². The largest absolute Gasteiger partial charge is 0.467 e. The molecule has 1 heterocycles. The van der Waals surface area contributed by atoms with Crippen LogP contribution in [0.25, 0.3) is 0 Å². The lowest BCUT2D eigenvalue weighted by molar-refractivity contribution is -0.147. The number of allylic oxidation sites excluding steroid dienone is 2. The van der Waals surface area contributed by atoms with E-state index in [9.17, 15) is 18.0 Å². The number of rotatable bonds is 4. The number of carbonyl (C=O) groups is 2. The number of hydrogen-bond donors (Lipinski definition) is 1. The first kappa shape index (κ1) is 18.0. The molecule has 0 spiro atoms. The Bertz CT molecular complexity index is 635. The number of methoxy groups -OCH3 is 1. The zero-order valence-corrected chi connectivity index (χ0v) is 14.9. The van der Waals surface area contributed by atoms with Crippen molar-refractivity contribution < 1.29 is 22.7 Å². The monoisotopic (exact) mass is 343 g/mol. The van der Waals surface area contributed by atoms with Gasteiger partial charge in [0, 0.05) is 16.7 Å². The Morgan fingerprint density at radius 2 is 1.91 bits per heavy atom. The number of carbonyl (C=O) groups excluding carboxylic acids is 2. The lowest BCUT2D eigenvalue weighted by Crippen LogP contribution is -2.48. The second-order valence-electron chi connectivity index (χ2n) is 6.76. The van der Waals surface area contributed by atoms with E-state index in [0.29, 0.717) is 24.2 Å². The number of esters is 1. The quantitative estimate of drug-likeness (QED) is 0.780. The Labute approximate surface area is 137 Å². The number of ether oxygens (including phenoxy) is 1. The van der Waals surface area contributed by atoms with E-state index in [1.807, 2.05) is 20.8 Å². The van der Waals surface area contributed by atoms with Gasteiger partial charge in [-0.05, 0) is 32.1 Å². The van der Waals surface area contributed by atoms with Gasteiger partial charge in [-0.1, -0.05) is 19.4 Å². The molecule has 3 atom stereocenters. The van der Waals surface area contributed by atoms with Gasteiger partial charge in [-0.2, -0.15) is 0 Å². The van der Waals surface area contributed by atoms with E-state index in [-0.39, 0.29) is 23.5 Å². The highest BCUT2D eigenvalue weighted by Gasteiger charge is 2.45. The number of amides is 1. The van der Waals surface area contributed by atoms with Crippen molar-refractivity contribution in [2.75, 3.05) is 12.9 Å². The molecule has 23 heavy (non-hydrogen) atoms. The van der Waals surface area contributed by atoms with Gasteiger partial charge in [0.25, 0.3) is 0 Å². The fourth-order valence-electron chi connectivity index (χ4n) is 3.61. The maximum absolute atomic E-state index is 12.7. The van der Waals surface area contributed by atoms with Gasteiger partial charge in [-0.25, -0.2) is 13.2 Å². The Balaban J connectivity index is 2.20. The van der Waals surface area contributed by atoms with Gasteiger partial charge in [0.05, 0.1) is 12.9 Å². The molecular weight excluding hydrogens is 318 g/mol. The molecule has 130 valence electrons. The molecule has 7 heteroatoms. The average Bonchev–Trinajstić information content (AvgIpc) is 2.80. The average molecular weight is 343 g/mol. The lowest BCUT2D eigenvalue weighted by atomic mass is 9.79. The second-order valence-corrected chi connectivity index (χ2v) is 8.83. The molecular formula is C16H25NO5S. The normalized spacial score (nSPS) is 27.5. The van der Waals surface area contributed by atoms with Gasteiger partial charge in [0.1, 0.15) is 6.04 Å². The molecule has 1 N–H and O–H groups in total. The van der Waals surface area contributed by atoms with Crippen LogP contribution in [-0.2, 0) is 24.2 Å². The molecule has 0 radical (unpaired) electrons. The van der Waals surface area contributed by atoms with E-state index >= 15 is 0 Å². The smallest absolute Gasteiger partial charge is 0.328 e. The van der Waals surface area contributed by atoms with Gasteiger partial charge in [0.2, 0.25) is 5.91 Å². The third kappa shape index (κ3) is 3.44. The van der Waals surface area contributed by atoms with Gasteiger partial charge >= 0.3 is 5.97 Å². The molecule has 0 aromatic heterocycles. The van der Waals surface area contributed by atoms with Gasteiger partial charge < -0.3 is 10.1 Å².